The largest absolute Gasteiger partial charge is 0.497 e. The smallest absolute Gasteiger partial charge is 0.240 e. The van der Waals surface area contributed by atoms with Crippen LogP contribution >= 0.6 is 0 Å². The Hall–Kier alpha value is -2.63. The van der Waals surface area contributed by atoms with Gasteiger partial charge in [-0.1, -0.05) is 0 Å². The molecule has 0 unspecified atom stereocenters. The maximum absolute atomic E-state index is 5.52. The van der Waals surface area contributed by atoms with Crippen molar-refractivity contribution in [1.29, 1.82) is 0 Å². The van der Waals surface area contributed by atoms with Crippen molar-refractivity contribution < 1.29 is 4.74 Å². The number of fused-ring (bicyclic) bond motifs is 1. The number of anilines is 1. The van der Waals surface area contributed by atoms with Crippen LogP contribution in [0.1, 0.15) is 0 Å². The summed E-state index contributed by atoms with van der Waals surface area (Å²) in [5, 5.41) is 8.48. The minimum atomic E-state index is 0.156. The summed E-state index contributed by atoms with van der Waals surface area (Å²) in [4.78, 5) is 7.37. The molecule has 0 spiro atoms. The molecule has 3 rings (SSSR count). The molecule has 0 saturated carbocycles. The van der Waals surface area contributed by atoms with E-state index in [1.54, 1.807) is 13.3 Å². The molecule has 0 aliphatic rings. The summed E-state index contributed by atoms with van der Waals surface area (Å²) >= 11 is 0. The summed E-state index contributed by atoms with van der Waals surface area (Å²) in [6, 6.07) is 7.80. The van der Waals surface area contributed by atoms with Gasteiger partial charge in [-0.3, -0.25) is 0 Å². The van der Waals surface area contributed by atoms with Crippen LogP contribution in [0, 0.1) is 0 Å². The van der Waals surface area contributed by atoms with Crippen molar-refractivity contribution in [2.75, 3.05) is 12.8 Å². The maximum atomic E-state index is 5.52. The summed E-state index contributed by atoms with van der Waals surface area (Å²) in [5.41, 5.74) is 8.00. The van der Waals surface area contributed by atoms with E-state index in [1.807, 2.05) is 24.3 Å². The Morgan fingerprint density at radius 1 is 1.28 bits per heavy atom. The Bertz CT molecular complexity index is 707. The van der Waals surface area contributed by atoms with Crippen LogP contribution in [0.3, 0.4) is 0 Å². The number of rotatable bonds is 2. The van der Waals surface area contributed by atoms with Crippen LogP contribution in [0.5, 0.6) is 5.75 Å². The van der Waals surface area contributed by atoms with Crippen LogP contribution < -0.4 is 10.5 Å². The molecular weight excluding hydrogens is 230 g/mol. The quantitative estimate of drug-likeness (QED) is 0.711. The van der Waals surface area contributed by atoms with Gasteiger partial charge in [-0.15, -0.1) is 5.10 Å². The first-order valence-corrected chi connectivity index (χ1v) is 5.38. The Balaban J connectivity index is 2.13. The summed E-state index contributed by atoms with van der Waals surface area (Å²) in [5.74, 6) is 0.958. The summed E-state index contributed by atoms with van der Waals surface area (Å²) in [6.45, 7) is 0. The van der Waals surface area contributed by atoms with Gasteiger partial charge in [-0.05, 0) is 18.2 Å². The molecule has 0 bridgehead atoms. The molecule has 0 saturated heterocycles. The molecule has 0 aliphatic heterocycles. The van der Waals surface area contributed by atoms with Gasteiger partial charge in [-0.2, -0.15) is 5.10 Å². The zero-order valence-electron chi connectivity index (χ0n) is 9.71. The number of benzene rings is 1. The van der Waals surface area contributed by atoms with Crippen molar-refractivity contribution >= 4 is 16.9 Å². The van der Waals surface area contributed by atoms with Gasteiger partial charge in [0.2, 0.25) is 5.95 Å². The highest BCUT2D eigenvalue weighted by Gasteiger charge is 2.06. The molecule has 18 heavy (non-hydrogen) atoms. The average molecular weight is 241 g/mol. The maximum Gasteiger partial charge on any atom is 0.240 e. The predicted octanol–water partition coefficient (Wildman–Crippen LogP) is 1.61. The third-order valence-corrected chi connectivity index (χ3v) is 2.68. The predicted molar refractivity (Wildman–Crippen MR) is 68.1 cm³/mol. The molecule has 6 heteroatoms. The third-order valence-electron chi connectivity index (χ3n) is 2.68. The second-order valence-electron chi connectivity index (χ2n) is 3.84. The summed E-state index contributed by atoms with van der Waals surface area (Å²) < 4.78 is 5.18. The molecule has 0 fully saturated rings. The lowest BCUT2D eigenvalue weighted by atomic mass is 10.2. The third kappa shape index (κ3) is 1.73. The van der Waals surface area contributed by atoms with Crippen molar-refractivity contribution in [3.05, 3.63) is 30.5 Å². The second kappa shape index (κ2) is 3.99. The van der Waals surface area contributed by atoms with E-state index in [0.29, 0.717) is 5.69 Å². The fourth-order valence-electron chi connectivity index (χ4n) is 1.82. The van der Waals surface area contributed by atoms with Gasteiger partial charge in [0.05, 0.1) is 19.0 Å². The number of nitrogens with two attached hydrogens (primary N) is 1. The topological polar surface area (TPSA) is 89.7 Å². The number of aromatic nitrogens is 4. The van der Waals surface area contributed by atoms with Gasteiger partial charge in [0, 0.05) is 17.0 Å². The number of hydrogen-bond donors (Lipinski definition) is 2. The number of nitrogens with zero attached hydrogens (tertiary/aromatic N) is 3. The van der Waals surface area contributed by atoms with Crippen LogP contribution in [-0.2, 0) is 0 Å². The van der Waals surface area contributed by atoms with Crippen molar-refractivity contribution in [3.8, 4) is 17.1 Å². The number of nitrogens with one attached hydrogen (secondary N) is 1. The number of ether oxygens (including phenoxy) is 1. The first kappa shape index (κ1) is 10.5. The molecule has 2 aromatic heterocycles. The first-order valence-electron chi connectivity index (χ1n) is 5.38. The average Bonchev–Trinajstić information content (AvgIpc) is 2.81. The summed E-state index contributed by atoms with van der Waals surface area (Å²) in [7, 11) is 1.64. The highest BCUT2D eigenvalue weighted by atomic mass is 16.5. The van der Waals surface area contributed by atoms with E-state index in [9.17, 15) is 0 Å². The molecule has 0 amide bonds. The zero-order chi connectivity index (χ0) is 12.5. The number of aromatic amines is 1. The Morgan fingerprint density at radius 3 is 2.94 bits per heavy atom. The fourth-order valence-corrected chi connectivity index (χ4v) is 1.82. The highest BCUT2D eigenvalue weighted by molar-refractivity contribution is 5.86. The molecule has 3 N–H and O–H groups in total. The van der Waals surface area contributed by atoms with Crippen LogP contribution in [0.4, 0.5) is 5.95 Å². The van der Waals surface area contributed by atoms with E-state index in [0.717, 1.165) is 22.3 Å². The second-order valence-corrected chi connectivity index (χ2v) is 3.84. The Morgan fingerprint density at radius 2 is 2.17 bits per heavy atom. The fraction of sp³-hybridized carbons (Fsp3) is 0.0833. The number of H-pyrrole nitrogens is 1. The highest BCUT2D eigenvalue weighted by Crippen LogP contribution is 2.25. The van der Waals surface area contributed by atoms with E-state index >= 15 is 0 Å². The van der Waals surface area contributed by atoms with Crippen LogP contribution in [0.15, 0.2) is 30.5 Å². The van der Waals surface area contributed by atoms with Gasteiger partial charge in [0.15, 0.2) is 0 Å². The van der Waals surface area contributed by atoms with Crippen molar-refractivity contribution in [2.24, 2.45) is 0 Å². The summed E-state index contributed by atoms with van der Waals surface area (Å²) in [6.07, 6.45) is 1.57. The molecule has 0 radical (unpaired) electrons. The van der Waals surface area contributed by atoms with E-state index in [1.165, 1.54) is 0 Å². The van der Waals surface area contributed by atoms with Gasteiger partial charge in [-0.25, -0.2) is 4.98 Å². The van der Waals surface area contributed by atoms with Crippen LogP contribution in [0.25, 0.3) is 22.3 Å². The number of hydrogen-bond acceptors (Lipinski definition) is 5. The van der Waals surface area contributed by atoms with E-state index < -0.39 is 0 Å². The lowest BCUT2D eigenvalue weighted by Gasteiger charge is -1.97. The van der Waals surface area contributed by atoms with E-state index in [4.69, 9.17) is 10.5 Å². The monoisotopic (exact) mass is 241 g/mol. The standard InChI is InChI=1S/C12H11N5O/c1-18-8-3-2-7-4-10(15-9(7)5-8)11-6-14-17-12(13)16-11/h2-6,15H,1H3,(H2,13,16,17). The van der Waals surface area contributed by atoms with E-state index in [-0.39, 0.29) is 5.95 Å². The molecule has 3 aromatic rings. The molecule has 6 nitrogen and oxygen atoms in total. The lowest BCUT2D eigenvalue weighted by molar-refractivity contribution is 0.415. The van der Waals surface area contributed by atoms with Crippen molar-refractivity contribution in [3.63, 3.8) is 0 Å². The van der Waals surface area contributed by atoms with Crippen molar-refractivity contribution in [2.45, 2.75) is 0 Å². The van der Waals surface area contributed by atoms with Gasteiger partial charge in [0.25, 0.3) is 0 Å². The lowest BCUT2D eigenvalue weighted by Crippen LogP contribution is -1.97. The molecule has 0 aliphatic carbocycles. The molecule has 90 valence electrons. The Labute approximate surface area is 103 Å². The van der Waals surface area contributed by atoms with Gasteiger partial charge >= 0.3 is 0 Å². The van der Waals surface area contributed by atoms with Gasteiger partial charge < -0.3 is 15.5 Å². The zero-order valence-corrected chi connectivity index (χ0v) is 9.71. The van der Waals surface area contributed by atoms with Gasteiger partial charge in [0.1, 0.15) is 11.4 Å². The van der Waals surface area contributed by atoms with E-state index in [2.05, 4.69) is 20.2 Å². The molecule has 0 atom stereocenters. The first-order chi connectivity index (χ1) is 8.76. The molecular formula is C12H11N5O. The molecule has 1 aromatic carbocycles. The SMILES string of the molecule is COc1ccc2cc(-c3cnnc(N)n3)[nH]c2c1. The number of methoxy groups -OCH3 is 1. The normalized spacial score (nSPS) is 10.7. The minimum Gasteiger partial charge on any atom is -0.497 e. The van der Waals surface area contributed by atoms with Crippen LogP contribution in [-0.4, -0.2) is 27.3 Å². The number of nitrogen functional groups attached to an aromatic ring is 1. The van der Waals surface area contributed by atoms with Crippen LogP contribution in [0.2, 0.25) is 0 Å². The molecule has 2 heterocycles. The minimum absolute atomic E-state index is 0.156. The Kier molecular flexibility index (Phi) is 2.33. The van der Waals surface area contributed by atoms with Crippen molar-refractivity contribution in [1.82, 2.24) is 20.2 Å².